The lowest BCUT2D eigenvalue weighted by Gasteiger charge is -2.48. The van der Waals surface area contributed by atoms with Gasteiger partial charge in [-0.15, -0.1) is 0 Å². The molecule has 39 heavy (non-hydrogen) atoms. The lowest BCUT2D eigenvalue weighted by atomic mass is 9.69. The molecule has 2 aliphatic heterocycles. The summed E-state index contributed by atoms with van der Waals surface area (Å²) in [6.07, 6.45) is 9.45. The van der Waals surface area contributed by atoms with Gasteiger partial charge in [0.2, 0.25) is 5.91 Å². The van der Waals surface area contributed by atoms with Crippen LogP contribution in [0, 0.1) is 35.3 Å². The fourth-order valence-electron chi connectivity index (χ4n) is 7.21. The first-order chi connectivity index (χ1) is 18.9. The largest absolute Gasteiger partial charge is 0.368 e. The Labute approximate surface area is 228 Å². The zero-order chi connectivity index (χ0) is 26.9. The number of carbonyl (C=O) groups is 1. The van der Waals surface area contributed by atoms with E-state index in [2.05, 4.69) is 34.2 Å². The number of benzene rings is 1. The van der Waals surface area contributed by atoms with Gasteiger partial charge in [-0.25, -0.2) is 18.3 Å². The zero-order valence-electron chi connectivity index (χ0n) is 22.7. The van der Waals surface area contributed by atoms with E-state index in [-0.39, 0.29) is 11.8 Å². The minimum Gasteiger partial charge on any atom is -0.368 e. The molecule has 0 N–H and O–H groups in total. The van der Waals surface area contributed by atoms with E-state index in [9.17, 15) is 13.6 Å². The first-order valence-corrected chi connectivity index (χ1v) is 14.4. The number of rotatable bonds is 6. The molecule has 208 valence electrons. The molecule has 3 aliphatic rings. The molecule has 4 heterocycles. The van der Waals surface area contributed by atoms with Gasteiger partial charge in [-0.1, -0.05) is 25.8 Å². The Morgan fingerprint density at radius 2 is 1.85 bits per heavy atom. The van der Waals surface area contributed by atoms with Crippen molar-refractivity contribution in [2.24, 2.45) is 23.7 Å². The van der Waals surface area contributed by atoms with Crippen LogP contribution in [-0.2, 0) is 11.2 Å². The number of fused-ring (bicyclic) bond motifs is 2. The van der Waals surface area contributed by atoms with E-state index < -0.39 is 11.6 Å². The molecule has 1 aliphatic carbocycles. The Balaban J connectivity index is 1.09. The van der Waals surface area contributed by atoms with Crippen molar-refractivity contribution < 1.29 is 13.6 Å². The molecule has 3 fully saturated rings. The number of aromatic nitrogens is 3. The summed E-state index contributed by atoms with van der Waals surface area (Å²) in [5.74, 6) is 0.178. The third-order valence-corrected chi connectivity index (χ3v) is 9.10. The maximum absolute atomic E-state index is 13.9. The van der Waals surface area contributed by atoms with E-state index in [1.165, 1.54) is 37.0 Å². The third-order valence-electron chi connectivity index (χ3n) is 9.10. The van der Waals surface area contributed by atoms with Crippen LogP contribution in [0.25, 0.3) is 5.65 Å². The topological polar surface area (TPSA) is 57.0 Å². The number of carbonyl (C=O) groups excluding carboxylic acids is 1. The summed E-state index contributed by atoms with van der Waals surface area (Å²) in [6.45, 7) is 7.70. The molecule has 2 aromatic heterocycles. The Morgan fingerprint density at radius 3 is 2.67 bits per heavy atom. The summed E-state index contributed by atoms with van der Waals surface area (Å²) in [4.78, 5) is 24.8. The second-order valence-corrected chi connectivity index (χ2v) is 11.9. The van der Waals surface area contributed by atoms with Crippen LogP contribution in [0.3, 0.4) is 0 Å². The highest BCUT2D eigenvalue weighted by atomic mass is 19.2. The fraction of sp³-hybridized carbons (Fsp3) is 0.567. The van der Waals surface area contributed by atoms with E-state index in [0.717, 1.165) is 38.1 Å². The molecule has 1 amide bonds. The molecule has 3 aromatic rings. The summed E-state index contributed by atoms with van der Waals surface area (Å²) in [5, 5.41) is 4.27. The average Bonchev–Trinajstić information content (AvgIpc) is 3.42. The second kappa shape index (κ2) is 11.2. The highest BCUT2D eigenvalue weighted by Crippen LogP contribution is 2.40. The monoisotopic (exact) mass is 536 g/mol. The summed E-state index contributed by atoms with van der Waals surface area (Å²) >= 11 is 0. The van der Waals surface area contributed by atoms with Gasteiger partial charge >= 0.3 is 0 Å². The second-order valence-electron chi connectivity index (χ2n) is 11.9. The molecule has 0 spiro atoms. The van der Waals surface area contributed by atoms with Crippen LogP contribution in [0.1, 0.15) is 38.2 Å². The van der Waals surface area contributed by atoms with Crippen molar-refractivity contribution in [3.63, 3.8) is 0 Å². The van der Waals surface area contributed by atoms with Crippen molar-refractivity contribution in [1.29, 1.82) is 0 Å². The number of piperazine rings is 1. The lowest BCUT2D eigenvalue weighted by Crippen LogP contribution is -2.57. The van der Waals surface area contributed by atoms with Crippen molar-refractivity contribution in [2.45, 2.75) is 39.0 Å². The molecular weight excluding hydrogens is 498 g/mol. The number of piperidine rings is 1. The fourth-order valence-corrected chi connectivity index (χ4v) is 7.21. The van der Waals surface area contributed by atoms with Crippen LogP contribution in [0.2, 0.25) is 0 Å². The number of likely N-dealkylation sites (tertiary alicyclic amines) is 1. The van der Waals surface area contributed by atoms with E-state index >= 15 is 0 Å². The molecule has 0 bridgehead atoms. The predicted octanol–water partition coefficient (Wildman–Crippen LogP) is 4.27. The minimum absolute atomic E-state index is 0.0394. The number of pyridine rings is 1. The molecule has 4 atom stereocenters. The highest BCUT2D eigenvalue weighted by Gasteiger charge is 2.43. The van der Waals surface area contributed by atoms with Crippen molar-refractivity contribution in [2.75, 3.05) is 50.7 Å². The molecule has 7 nitrogen and oxygen atoms in total. The zero-order valence-corrected chi connectivity index (χ0v) is 22.7. The summed E-state index contributed by atoms with van der Waals surface area (Å²) in [7, 11) is 0. The van der Waals surface area contributed by atoms with E-state index in [1.807, 2.05) is 20.4 Å². The first-order valence-electron chi connectivity index (χ1n) is 14.4. The van der Waals surface area contributed by atoms with Crippen molar-refractivity contribution in [3.8, 4) is 0 Å². The average molecular weight is 537 g/mol. The number of anilines is 1. The van der Waals surface area contributed by atoms with Crippen LogP contribution < -0.4 is 4.90 Å². The van der Waals surface area contributed by atoms with Gasteiger partial charge < -0.3 is 14.7 Å². The third kappa shape index (κ3) is 5.64. The van der Waals surface area contributed by atoms with Crippen molar-refractivity contribution >= 4 is 17.2 Å². The van der Waals surface area contributed by atoms with Crippen LogP contribution in [0.5, 0.6) is 0 Å². The maximum atomic E-state index is 13.9. The molecule has 1 aromatic carbocycles. The molecule has 9 heteroatoms. The van der Waals surface area contributed by atoms with Gasteiger partial charge in [0.25, 0.3) is 0 Å². The molecule has 2 saturated heterocycles. The summed E-state index contributed by atoms with van der Waals surface area (Å²) < 4.78 is 29.0. The van der Waals surface area contributed by atoms with Gasteiger partial charge in [0, 0.05) is 63.8 Å². The quantitative estimate of drug-likeness (QED) is 0.471. The number of nitrogens with zero attached hydrogens (tertiary/aromatic N) is 6. The number of hydrogen-bond donors (Lipinski definition) is 0. The SMILES string of the molecule is C[C@H](Cc1ccc2ncnn2c1)CN1C[C@H]2CCCC[C@@H]2[C@H](C(=O)N2CCN(c3ccc(F)c(F)c3)CC2)C1. The smallest absolute Gasteiger partial charge is 0.227 e. The Bertz CT molecular complexity index is 1310. The molecule has 0 unspecified atom stereocenters. The number of hydrogen-bond acceptors (Lipinski definition) is 5. The van der Waals surface area contributed by atoms with E-state index in [1.54, 1.807) is 12.4 Å². The van der Waals surface area contributed by atoms with Crippen LogP contribution >= 0.6 is 0 Å². The number of halogens is 2. The molecule has 1 saturated carbocycles. The Kier molecular flexibility index (Phi) is 7.51. The van der Waals surface area contributed by atoms with Gasteiger partial charge in [-0.2, -0.15) is 5.10 Å². The molecule has 6 rings (SSSR count). The number of amides is 1. The van der Waals surface area contributed by atoms with Crippen molar-refractivity contribution in [1.82, 2.24) is 24.4 Å². The van der Waals surface area contributed by atoms with E-state index in [4.69, 9.17) is 0 Å². The maximum Gasteiger partial charge on any atom is 0.227 e. The van der Waals surface area contributed by atoms with Gasteiger partial charge in [0.1, 0.15) is 6.33 Å². The predicted molar refractivity (Wildman–Crippen MR) is 146 cm³/mol. The van der Waals surface area contributed by atoms with Gasteiger partial charge in [0.05, 0.1) is 5.92 Å². The van der Waals surface area contributed by atoms with Crippen LogP contribution in [0.4, 0.5) is 14.5 Å². The summed E-state index contributed by atoms with van der Waals surface area (Å²) in [5.41, 5.74) is 2.78. The standard InChI is InChI=1S/C30H38F2N6O/c1-21(14-22-6-9-29-33-20-34-38(29)17-22)16-35-18-23-4-2-3-5-25(23)26(19-35)30(39)37-12-10-36(11-13-37)24-7-8-27(31)28(32)15-24/h6-9,15,17,20-21,23,25-26H,2-5,10-14,16,18-19H2,1H3/t21-,23-,25+,26-/m1/s1. The van der Waals surface area contributed by atoms with Crippen molar-refractivity contribution in [3.05, 3.63) is 60.1 Å². The lowest BCUT2D eigenvalue weighted by molar-refractivity contribution is -0.142. The molecular formula is C30H38F2N6O. The highest BCUT2D eigenvalue weighted by molar-refractivity contribution is 5.80. The van der Waals surface area contributed by atoms with Gasteiger partial charge in [-0.05, 0) is 60.8 Å². The van der Waals surface area contributed by atoms with E-state index in [0.29, 0.717) is 49.6 Å². The normalized spacial score (nSPS) is 25.1. The van der Waals surface area contributed by atoms with Crippen LogP contribution in [-0.4, -0.2) is 76.1 Å². The Hall–Kier alpha value is -3.07. The van der Waals surface area contributed by atoms with Gasteiger partial charge in [-0.3, -0.25) is 4.79 Å². The summed E-state index contributed by atoms with van der Waals surface area (Å²) in [6, 6.07) is 8.20. The first kappa shape index (κ1) is 26.2. The minimum atomic E-state index is -0.831. The molecule has 0 radical (unpaired) electrons. The van der Waals surface area contributed by atoms with Gasteiger partial charge in [0.15, 0.2) is 17.3 Å². The van der Waals surface area contributed by atoms with Crippen LogP contribution in [0.15, 0.2) is 42.9 Å². The Morgan fingerprint density at radius 1 is 1.03 bits per heavy atom.